The molecule has 0 aromatic heterocycles. The van der Waals surface area contributed by atoms with E-state index in [0.717, 1.165) is 5.69 Å². The summed E-state index contributed by atoms with van der Waals surface area (Å²) in [5.74, 6) is 0. The second kappa shape index (κ2) is 8.39. The van der Waals surface area contributed by atoms with Gasteiger partial charge in [0.05, 0.1) is 0 Å². The van der Waals surface area contributed by atoms with Crippen molar-refractivity contribution in [1.29, 1.82) is 0 Å². The average molecular weight is 179 g/mol. The van der Waals surface area contributed by atoms with Crippen molar-refractivity contribution >= 4 is 11.8 Å². The third-order valence-corrected chi connectivity index (χ3v) is 0.800. The molecule has 0 saturated carbocycles. The molecule has 0 saturated heterocycles. The summed E-state index contributed by atoms with van der Waals surface area (Å²) in [6.45, 7) is 0. The van der Waals surface area contributed by atoms with Crippen molar-refractivity contribution in [2.24, 2.45) is 0 Å². The van der Waals surface area contributed by atoms with Gasteiger partial charge in [0.1, 0.15) is 0 Å². The van der Waals surface area contributed by atoms with Crippen molar-refractivity contribution in [2.45, 2.75) is 0 Å². The molecule has 0 bridgehead atoms. The van der Waals surface area contributed by atoms with E-state index in [-0.39, 0.29) is 31.0 Å². The molecular formula is C7H10NNaO3. The molecule has 0 radical (unpaired) electrons. The van der Waals surface area contributed by atoms with Gasteiger partial charge in [-0.25, -0.2) is 4.79 Å². The third-order valence-electron chi connectivity index (χ3n) is 0.800. The smallest absolute Gasteiger partial charge is 1.00 e. The molecule has 0 unspecified atom stereocenters. The Hall–Kier alpha value is -0.710. The molecule has 12 heavy (non-hydrogen) atoms. The Morgan fingerprint density at radius 3 is 1.75 bits per heavy atom. The molecule has 1 aromatic rings. The molecule has 62 valence electrons. The first-order valence-corrected chi connectivity index (χ1v) is 2.85. The zero-order chi connectivity index (χ0) is 8.69. The van der Waals surface area contributed by atoms with Gasteiger partial charge < -0.3 is 17.4 Å². The second-order valence-electron chi connectivity index (χ2n) is 1.69. The zero-order valence-electron chi connectivity index (χ0n) is 7.77. The predicted molar refractivity (Wildman–Crippen MR) is 42.6 cm³/mol. The molecule has 4 nitrogen and oxygen atoms in total. The summed E-state index contributed by atoms with van der Waals surface area (Å²) in [5.41, 5.74) is 6.18. The fourth-order valence-electron chi connectivity index (χ4n) is 0.453. The standard InChI is InChI=1S/C6H7N.CH2O3.Na.H/c7-6-4-2-1-3-5-6;2-1(3)4;;/h1-5H,7H2;(H2,2,3,4);;/q;;+1;-1. The number of carbonyl (C=O) groups is 1. The number of carboxylic acid groups (broad SMARTS) is 2. The van der Waals surface area contributed by atoms with Crippen molar-refractivity contribution < 1.29 is 46.0 Å². The summed E-state index contributed by atoms with van der Waals surface area (Å²) in [4.78, 5) is 8.56. The molecule has 0 aliphatic heterocycles. The molecule has 0 atom stereocenters. The topological polar surface area (TPSA) is 83.6 Å². The SMILES string of the molecule is Nc1ccccc1.O=C(O)O.[H-].[Na+]. The van der Waals surface area contributed by atoms with Crippen LogP contribution in [0.3, 0.4) is 0 Å². The van der Waals surface area contributed by atoms with Gasteiger partial charge in [-0.05, 0) is 12.1 Å². The van der Waals surface area contributed by atoms with Crippen LogP contribution in [0.1, 0.15) is 1.43 Å². The zero-order valence-corrected chi connectivity index (χ0v) is 8.77. The van der Waals surface area contributed by atoms with E-state index >= 15 is 0 Å². The molecule has 0 heterocycles. The van der Waals surface area contributed by atoms with Gasteiger partial charge in [-0.1, -0.05) is 18.2 Å². The van der Waals surface area contributed by atoms with E-state index in [1.807, 2.05) is 30.3 Å². The third kappa shape index (κ3) is 12.0. The molecular weight excluding hydrogens is 169 g/mol. The van der Waals surface area contributed by atoms with Gasteiger partial charge in [-0.2, -0.15) is 0 Å². The fourth-order valence-corrected chi connectivity index (χ4v) is 0.453. The van der Waals surface area contributed by atoms with Gasteiger partial charge in [0.15, 0.2) is 0 Å². The van der Waals surface area contributed by atoms with E-state index in [2.05, 4.69) is 0 Å². The van der Waals surface area contributed by atoms with Crippen molar-refractivity contribution in [2.75, 3.05) is 5.73 Å². The van der Waals surface area contributed by atoms with Crippen LogP contribution in [0.2, 0.25) is 0 Å². The summed E-state index contributed by atoms with van der Waals surface area (Å²) >= 11 is 0. The van der Waals surface area contributed by atoms with Crippen LogP contribution >= 0.6 is 0 Å². The molecule has 0 spiro atoms. The summed E-state index contributed by atoms with van der Waals surface area (Å²) in [7, 11) is 0. The number of benzene rings is 1. The van der Waals surface area contributed by atoms with Crippen LogP contribution in [-0.2, 0) is 0 Å². The van der Waals surface area contributed by atoms with E-state index in [1.54, 1.807) is 0 Å². The summed E-state index contributed by atoms with van der Waals surface area (Å²) in [6.07, 6.45) is -1.83. The van der Waals surface area contributed by atoms with Crippen LogP contribution < -0.4 is 35.3 Å². The minimum Gasteiger partial charge on any atom is -1.00 e. The molecule has 0 amide bonds. The Kier molecular flexibility index (Phi) is 9.68. The molecule has 0 aliphatic rings. The normalized spacial score (nSPS) is 7.00. The van der Waals surface area contributed by atoms with Crippen LogP contribution in [0.4, 0.5) is 10.5 Å². The van der Waals surface area contributed by atoms with E-state index in [0.29, 0.717) is 0 Å². The largest absolute Gasteiger partial charge is 1.00 e. The molecule has 1 aromatic carbocycles. The summed E-state index contributed by atoms with van der Waals surface area (Å²) in [6, 6.07) is 9.49. The molecule has 0 aliphatic carbocycles. The fraction of sp³-hybridized carbons (Fsp3) is 0. The number of hydrogen-bond donors (Lipinski definition) is 3. The average Bonchev–Trinajstić information content (AvgIpc) is 1.87. The van der Waals surface area contributed by atoms with Crippen LogP contribution in [0.5, 0.6) is 0 Å². The number of nitrogens with two attached hydrogens (primary N) is 1. The van der Waals surface area contributed by atoms with Crippen molar-refractivity contribution in [3.8, 4) is 0 Å². The van der Waals surface area contributed by atoms with Crippen LogP contribution in [0.15, 0.2) is 30.3 Å². The van der Waals surface area contributed by atoms with E-state index in [4.69, 9.17) is 20.7 Å². The van der Waals surface area contributed by atoms with Gasteiger partial charge in [0.2, 0.25) is 0 Å². The van der Waals surface area contributed by atoms with E-state index < -0.39 is 6.16 Å². The van der Waals surface area contributed by atoms with Crippen LogP contribution in [0, 0.1) is 0 Å². The number of nitrogen functional groups attached to an aromatic ring is 1. The molecule has 4 N–H and O–H groups in total. The minimum absolute atomic E-state index is 0. The number of anilines is 1. The maximum absolute atomic E-state index is 8.56. The van der Waals surface area contributed by atoms with Gasteiger partial charge in [-0.3, -0.25) is 0 Å². The quantitative estimate of drug-likeness (QED) is 0.338. The van der Waals surface area contributed by atoms with Crippen molar-refractivity contribution in [1.82, 2.24) is 0 Å². The van der Waals surface area contributed by atoms with Crippen LogP contribution in [0.25, 0.3) is 0 Å². The number of para-hydroxylation sites is 1. The minimum atomic E-state index is -1.83. The summed E-state index contributed by atoms with van der Waals surface area (Å²) < 4.78 is 0. The second-order valence-corrected chi connectivity index (χ2v) is 1.69. The maximum atomic E-state index is 8.56. The van der Waals surface area contributed by atoms with E-state index in [9.17, 15) is 0 Å². The Labute approximate surface area is 93.8 Å². The first-order chi connectivity index (χ1) is 5.13. The Morgan fingerprint density at radius 1 is 1.25 bits per heavy atom. The van der Waals surface area contributed by atoms with Gasteiger partial charge in [-0.15, -0.1) is 0 Å². The van der Waals surface area contributed by atoms with Crippen LogP contribution in [-0.4, -0.2) is 16.4 Å². The molecule has 0 fully saturated rings. The molecule has 5 heteroatoms. The number of rotatable bonds is 0. The Bertz CT molecular complexity index is 216. The van der Waals surface area contributed by atoms with Gasteiger partial charge in [0, 0.05) is 5.69 Å². The first-order valence-electron chi connectivity index (χ1n) is 2.85. The molecule has 1 rings (SSSR count). The van der Waals surface area contributed by atoms with E-state index in [1.165, 1.54) is 0 Å². The van der Waals surface area contributed by atoms with Gasteiger partial charge in [0.25, 0.3) is 0 Å². The van der Waals surface area contributed by atoms with Gasteiger partial charge >= 0.3 is 35.7 Å². The first kappa shape index (κ1) is 13.9. The Balaban J connectivity index is -0.000000150. The van der Waals surface area contributed by atoms with Crippen molar-refractivity contribution in [3.63, 3.8) is 0 Å². The number of hydrogen-bond acceptors (Lipinski definition) is 2. The Morgan fingerprint density at radius 2 is 1.58 bits per heavy atom. The monoisotopic (exact) mass is 179 g/mol. The maximum Gasteiger partial charge on any atom is 1.00 e. The summed E-state index contributed by atoms with van der Waals surface area (Å²) in [5, 5.41) is 13.9. The van der Waals surface area contributed by atoms with Crippen molar-refractivity contribution in [3.05, 3.63) is 30.3 Å². The predicted octanol–water partition coefficient (Wildman–Crippen LogP) is -1.39.